The van der Waals surface area contributed by atoms with Gasteiger partial charge in [0.2, 0.25) is 11.2 Å². The Bertz CT molecular complexity index is 1930. The molecule has 3 aromatic carbocycles. The minimum Gasteiger partial charge on any atom is -0.508 e. The zero-order chi connectivity index (χ0) is 31.1. The molecule has 5 rings (SSSR count). The number of phenols is 4. The van der Waals surface area contributed by atoms with E-state index in [1.54, 1.807) is 27.0 Å². The summed E-state index contributed by atoms with van der Waals surface area (Å²) in [5, 5.41) is 43.2. The van der Waals surface area contributed by atoms with Crippen LogP contribution in [0.15, 0.2) is 70.0 Å². The molecule has 2 aromatic heterocycles. The molecule has 1 atom stereocenters. The van der Waals surface area contributed by atoms with Crippen molar-refractivity contribution in [3.63, 3.8) is 0 Å². The van der Waals surface area contributed by atoms with Crippen molar-refractivity contribution < 1.29 is 43.9 Å². The Hall–Kier alpha value is -5.65. The molecule has 2 heterocycles. The third-order valence-corrected chi connectivity index (χ3v) is 6.43. The van der Waals surface area contributed by atoms with Gasteiger partial charge >= 0.3 is 12.1 Å². The number of aromatic hydroxyl groups is 4. The molecule has 0 bridgehead atoms. The average Bonchev–Trinajstić information content (AvgIpc) is 3.32. The number of alkyl carbamates (subject to hydrolysis) is 1. The highest BCUT2D eigenvalue weighted by atomic mass is 16.6. The van der Waals surface area contributed by atoms with Crippen LogP contribution < -0.4 is 15.5 Å². The molecule has 0 saturated carbocycles. The average molecular weight is 589 g/mol. The van der Waals surface area contributed by atoms with Crippen molar-refractivity contribution in [1.82, 2.24) is 10.3 Å². The molecule has 0 aliphatic carbocycles. The minimum absolute atomic E-state index is 0.0215. The summed E-state index contributed by atoms with van der Waals surface area (Å²) in [6, 6.07) is 11.5. The zero-order valence-corrected chi connectivity index (χ0v) is 23.3. The van der Waals surface area contributed by atoms with Gasteiger partial charge in [-0.25, -0.2) is 9.59 Å². The van der Waals surface area contributed by atoms with Gasteiger partial charge < -0.3 is 44.6 Å². The third kappa shape index (κ3) is 6.03. The van der Waals surface area contributed by atoms with Gasteiger partial charge in [0, 0.05) is 41.2 Å². The number of H-pyrrole nitrogens is 1. The van der Waals surface area contributed by atoms with Gasteiger partial charge in [0.15, 0.2) is 17.3 Å². The number of aromatic amines is 1. The van der Waals surface area contributed by atoms with Gasteiger partial charge in [0.1, 0.15) is 34.1 Å². The van der Waals surface area contributed by atoms with E-state index in [4.69, 9.17) is 13.9 Å². The highest BCUT2D eigenvalue weighted by Gasteiger charge is 2.30. The molecule has 0 aliphatic heterocycles. The van der Waals surface area contributed by atoms with Crippen LogP contribution in [-0.2, 0) is 16.0 Å². The van der Waals surface area contributed by atoms with Crippen LogP contribution >= 0.6 is 0 Å². The zero-order valence-electron chi connectivity index (χ0n) is 23.3. The Morgan fingerprint density at radius 1 is 0.977 bits per heavy atom. The van der Waals surface area contributed by atoms with Crippen molar-refractivity contribution in [3.8, 4) is 40.1 Å². The number of amides is 1. The first-order chi connectivity index (χ1) is 20.3. The van der Waals surface area contributed by atoms with Gasteiger partial charge in [0.25, 0.3) is 0 Å². The molecule has 43 heavy (non-hydrogen) atoms. The molecule has 0 radical (unpaired) electrons. The molecule has 1 amide bonds. The lowest BCUT2D eigenvalue weighted by molar-refractivity contribution is -0.136. The van der Waals surface area contributed by atoms with E-state index in [1.807, 2.05) is 24.3 Å². The summed E-state index contributed by atoms with van der Waals surface area (Å²) in [5.74, 6) is -4.14. The molecule has 12 nitrogen and oxygen atoms in total. The molecule has 0 fully saturated rings. The van der Waals surface area contributed by atoms with Gasteiger partial charge in [-0.2, -0.15) is 0 Å². The number of para-hydroxylation sites is 1. The van der Waals surface area contributed by atoms with Crippen LogP contribution in [0.25, 0.3) is 33.2 Å². The van der Waals surface area contributed by atoms with E-state index in [9.17, 15) is 34.8 Å². The van der Waals surface area contributed by atoms with Crippen molar-refractivity contribution in [2.45, 2.75) is 38.8 Å². The van der Waals surface area contributed by atoms with Crippen molar-refractivity contribution >= 4 is 33.9 Å². The number of ether oxygens (including phenoxy) is 2. The quantitative estimate of drug-likeness (QED) is 0.119. The number of rotatable bonds is 6. The summed E-state index contributed by atoms with van der Waals surface area (Å²) < 4.78 is 16.8. The number of carbonyl (C=O) groups is 2. The van der Waals surface area contributed by atoms with E-state index in [0.29, 0.717) is 5.56 Å². The van der Waals surface area contributed by atoms with Crippen LogP contribution in [0.4, 0.5) is 4.79 Å². The first-order valence-corrected chi connectivity index (χ1v) is 13.1. The summed E-state index contributed by atoms with van der Waals surface area (Å²) in [4.78, 5) is 43.2. The maximum atomic E-state index is 13.7. The van der Waals surface area contributed by atoms with Gasteiger partial charge in [-0.3, -0.25) is 4.79 Å². The van der Waals surface area contributed by atoms with Crippen LogP contribution in [0.2, 0.25) is 0 Å². The number of benzene rings is 3. The first-order valence-electron chi connectivity index (χ1n) is 13.1. The number of esters is 1. The second-order valence-electron chi connectivity index (χ2n) is 10.8. The Kier molecular flexibility index (Phi) is 7.36. The molecular weight excluding hydrogens is 560 g/mol. The SMILES string of the molecule is CC(C)(C)OC(=O)N[C@@H](Cc1c[nH]c2ccccc12)C(=O)Oc1c(-c2ccc(O)c(O)c2)oc2cc(O)cc(O)c2c1=O. The molecular formula is C31H28N2O10. The lowest BCUT2D eigenvalue weighted by atomic mass is 10.0. The molecule has 0 spiro atoms. The van der Waals surface area contributed by atoms with Crippen LogP contribution in [0.5, 0.6) is 28.7 Å². The fraction of sp³-hybridized carbons (Fsp3) is 0.194. The van der Waals surface area contributed by atoms with Gasteiger partial charge in [-0.15, -0.1) is 0 Å². The standard InChI is InChI=1S/C31H28N2O10/c1-31(2,3)43-30(40)33-20(10-16-14-32-19-7-5-4-6-18(16)19)29(39)42-28-26(38)25-23(37)12-17(34)13-24(25)41-27(28)15-8-9-21(35)22(36)11-15/h4-9,11-14,20,32,34-37H,10H2,1-3H3,(H,33,40)/t20-/m0/s1. The second kappa shape index (κ2) is 11.0. The molecule has 0 saturated heterocycles. The Labute approximate surface area is 243 Å². The number of hydrogen-bond acceptors (Lipinski definition) is 10. The largest absolute Gasteiger partial charge is 0.508 e. The van der Waals surface area contributed by atoms with E-state index >= 15 is 0 Å². The molecule has 0 unspecified atom stereocenters. The lowest BCUT2D eigenvalue weighted by Gasteiger charge is -2.23. The van der Waals surface area contributed by atoms with E-state index in [-0.39, 0.29) is 28.7 Å². The van der Waals surface area contributed by atoms with Crippen LogP contribution in [-0.4, -0.2) is 49.1 Å². The minimum atomic E-state index is -1.36. The highest BCUT2D eigenvalue weighted by Crippen LogP contribution is 2.38. The van der Waals surface area contributed by atoms with Gasteiger partial charge in [-0.1, -0.05) is 18.2 Å². The van der Waals surface area contributed by atoms with Crippen molar-refractivity contribution in [2.75, 3.05) is 0 Å². The number of aromatic nitrogens is 1. The van der Waals surface area contributed by atoms with Crippen molar-refractivity contribution in [3.05, 3.63) is 76.6 Å². The molecule has 6 N–H and O–H groups in total. The van der Waals surface area contributed by atoms with Crippen LogP contribution in [0.3, 0.4) is 0 Å². The Morgan fingerprint density at radius 3 is 2.44 bits per heavy atom. The van der Waals surface area contributed by atoms with Gasteiger partial charge in [0.05, 0.1) is 0 Å². The number of carbonyl (C=O) groups excluding carboxylic acids is 2. The predicted molar refractivity (Wildman–Crippen MR) is 155 cm³/mol. The Morgan fingerprint density at radius 2 is 1.72 bits per heavy atom. The van der Waals surface area contributed by atoms with E-state index < -0.39 is 57.9 Å². The van der Waals surface area contributed by atoms with E-state index in [1.165, 1.54) is 6.07 Å². The topological polar surface area (TPSA) is 192 Å². The maximum Gasteiger partial charge on any atom is 0.408 e. The predicted octanol–water partition coefficient (Wildman–Crippen LogP) is 4.81. The van der Waals surface area contributed by atoms with E-state index in [0.717, 1.165) is 35.2 Å². The summed E-state index contributed by atoms with van der Waals surface area (Å²) in [7, 11) is 0. The fourth-order valence-corrected chi connectivity index (χ4v) is 4.55. The molecule has 12 heteroatoms. The number of hydrogen-bond donors (Lipinski definition) is 6. The molecule has 5 aromatic rings. The summed E-state index contributed by atoms with van der Waals surface area (Å²) in [5.41, 5.74) is -0.616. The summed E-state index contributed by atoms with van der Waals surface area (Å²) in [6.45, 7) is 4.97. The second-order valence-corrected chi connectivity index (χ2v) is 10.8. The molecule has 222 valence electrons. The number of fused-ring (bicyclic) bond motifs is 2. The number of nitrogens with one attached hydrogen (secondary N) is 2. The Balaban J connectivity index is 1.60. The van der Waals surface area contributed by atoms with Gasteiger partial charge in [-0.05, 0) is 50.6 Å². The summed E-state index contributed by atoms with van der Waals surface area (Å²) >= 11 is 0. The van der Waals surface area contributed by atoms with Crippen LogP contribution in [0.1, 0.15) is 26.3 Å². The highest BCUT2D eigenvalue weighted by molar-refractivity contribution is 5.91. The fourth-order valence-electron chi connectivity index (χ4n) is 4.55. The third-order valence-electron chi connectivity index (χ3n) is 6.43. The van der Waals surface area contributed by atoms with Crippen molar-refractivity contribution in [1.29, 1.82) is 0 Å². The maximum absolute atomic E-state index is 13.7. The van der Waals surface area contributed by atoms with E-state index in [2.05, 4.69) is 10.3 Å². The molecule has 0 aliphatic rings. The lowest BCUT2D eigenvalue weighted by Crippen LogP contribution is -2.46. The monoisotopic (exact) mass is 588 g/mol. The van der Waals surface area contributed by atoms with Crippen LogP contribution in [0, 0.1) is 0 Å². The number of phenolic OH excluding ortho intramolecular Hbond substituents is 4. The smallest absolute Gasteiger partial charge is 0.408 e. The van der Waals surface area contributed by atoms with Crippen molar-refractivity contribution in [2.24, 2.45) is 0 Å². The normalized spacial score (nSPS) is 12.3. The summed E-state index contributed by atoms with van der Waals surface area (Å²) in [6.07, 6.45) is 0.716. The first kappa shape index (κ1) is 28.9.